The van der Waals surface area contributed by atoms with Gasteiger partial charge in [0.05, 0.1) is 25.3 Å². The number of hydrogen-bond donors (Lipinski definition) is 2. The summed E-state index contributed by atoms with van der Waals surface area (Å²) >= 11 is 6.38. The van der Waals surface area contributed by atoms with Gasteiger partial charge in [-0.1, -0.05) is 48.0 Å². The highest BCUT2D eigenvalue weighted by Crippen LogP contribution is 2.37. The van der Waals surface area contributed by atoms with Crippen molar-refractivity contribution in [3.8, 4) is 11.5 Å². The summed E-state index contributed by atoms with van der Waals surface area (Å²) in [7, 11) is 3.15. The van der Waals surface area contributed by atoms with E-state index in [1.807, 2.05) is 49.4 Å². The minimum absolute atomic E-state index is 0.129. The largest absolute Gasteiger partial charge is 0.493 e. The van der Waals surface area contributed by atoms with Crippen molar-refractivity contribution in [3.05, 3.63) is 58.6 Å². The molecule has 0 aliphatic heterocycles. The Morgan fingerprint density at radius 1 is 1.08 bits per heavy atom. The minimum Gasteiger partial charge on any atom is -0.493 e. The predicted octanol–water partition coefficient (Wildman–Crippen LogP) is 3.96. The van der Waals surface area contributed by atoms with Gasteiger partial charge in [-0.3, -0.25) is 0 Å². The average molecular weight is 350 g/mol. The maximum atomic E-state index is 10.3. The van der Waals surface area contributed by atoms with Crippen molar-refractivity contribution in [1.82, 2.24) is 5.32 Å². The molecule has 4 nitrogen and oxygen atoms in total. The molecule has 2 atom stereocenters. The van der Waals surface area contributed by atoms with Crippen molar-refractivity contribution in [2.45, 2.75) is 32.0 Å². The van der Waals surface area contributed by atoms with Gasteiger partial charge < -0.3 is 19.9 Å². The Kier molecular flexibility index (Phi) is 6.91. The molecule has 0 bridgehead atoms. The Morgan fingerprint density at radius 3 is 2.42 bits per heavy atom. The van der Waals surface area contributed by atoms with Crippen LogP contribution in [0.15, 0.2) is 42.5 Å². The topological polar surface area (TPSA) is 50.7 Å². The quantitative estimate of drug-likeness (QED) is 0.757. The van der Waals surface area contributed by atoms with Crippen LogP contribution in [0.3, 0.4) is 0 Å². The van der Waals surface area contributed by atoms with E-state index in [1.165, 1.54) is 0 Å². The number of methoxy groups -OCH3 is 2. The molecule has 24 heavy (non-hydrogen) atoms. The zero-order valence-electron chi connectivity index (χ0n) is 14.3. The number of aliphatic hydroxyl groups excluding tert-OH is 1. The fourth-order valence-corrected chi connectivity index (χ4v) is 2.88. The van der Waals surface area contributed by atoms with Crippen LogP contribution in [0.25, 0.3) is 0 Å². The van der Waals surface area contributed by atoms with Gasteiger partial charge in [0, 0.05) is 12.6 Å². The van der Waals surface area contributed by atoms with Crippen LogP contribution in [0.4, 0.5) is 0 Å². The second-order valence-electron chi connectivity index (χ2n) is 5.72. The third-order valence-electron chi connectivity index (χ3n) is 3.97. The lowest BCUT2D eigenvalue weighted by molar-refractivity contribution is 0.154. The molecule has 2 unspecified atom stereocenters. The molecular weight excluding hydrogens is 326 g/mol. The van der Waals surface area contributed by atoms with Crippen molar-refractivity contribution < 1.29 is 14.6 Å². The predicted molar refractivity (Wildman–Crippen MR) is 96.9 cm³/mol. The first-order chi connectivity index (χ1) is 11.6. The van der Waals surface area contributed by atoms with Crippen LogP contribution < -0.4 is 14.8 Å². The Bertz CT molecular complexity index is 649. The van der Waals surface area contributed by atoms with E-state index < -0.39 is 6.10 Å². The van der Waals surface area contributed by atoms with Gasteiger partial charge in [0.15, 0.2) is 11.5 Å². The molecule has 130 valence electrons. The molecule has 0 spiro atoms. The number of halogens is 1. The second-order valence-corrected chi connectivity index (χ2v) is 6.10. The van der Waals surface area contributed by atoms with E-state index >= 15 is 0 Å². The van der Waals surface area contributed by atoms with Crippen molar-refractivity contribution in [2.24, 2.45) is 0 Å². The molecular formula is C19H24ClNO3. The first-order valence-corrected chi connectivity index (χ1v) is 8.30. The first-order valence-electron chi connectivity index (χ1n) is 7.92. The normalized spacial score (nSPS) is 13.4. The molecule has 0 saturated carbocycles. The van der Waals surface area contributed by atoms with Crippen molar-refractivity contribution in [1.29, 1.82) is 0 Å². The van der Waals surface area contributed by atoms with Crippen LogP contribution in [-0.2, 0) is 6.54 Å². The monoisotopic (exact) mass is 349 g/mol. The number of rotatable bonds is 8. The van der Waals surface area contributed by atoms with Crippen LogP contribution in [0.5, 0.6) is 11.5 Å². The van der Waals surface area contributed by atoms with E-state index in [2.05, 4.69) is 5.32 Å². The standard InChI is InChI=1S/C19H24ClNO3/c1-13(11-16(22)14-7-5-4-6-8-14)21-12-15-9-10-17(23-2)19(24-3)18(15)20/h4-10,13,16,21-22H,11-12H2,1-3H3. The van der Waals surface area contributed by atoms with Gasteiger partial charge in [-0.05, 0) is 30.5 Å². The zero-order chi connectivity index (χ0) is 17.5. The number of ether oxygens (including phenoxy) is 2. The fourth-order valence-electron chi connectivity index (χ4n) is 2.58. The molecule has 0 aliphatic rings. The molecule has 0 saturated heterocycles. The summed E-state index contributed by atoms with van der Waals surface area (Å²) in [5, 5.41) is 14.2. The van der Waals surface area contributed by atoms with E-state index in [1.54, 1.807) is 14.2 Å². The summed E-state index contributed by atoms with van der Waals surface area (Å²) in [5.41, 5.74) is 1.85. The lowest BCUT2D eigenvalue weighted by Crippen LogP contribution is -2.27. The maximum absolute atomic E-state index is 10.3. The van der Waals surface area contributed by atoms with E-state index in [0.717, 1.165) is 11.1 Å². The molecule has 5 heteroatoms. The van der Waals surface area contributed by atoms with Crippen LogP contribution in [0, 0.1) is 0 Å². The smallest absolute Gasteiger partial charge is 0.179 e. The summed E-state index contributed by atoms with van der Waals surface area (Å²) in [5.74, 6) is 1.15. The van der Waals surface area contributed by atoms with Crippen molar-refractivity contribution >= 4 is 11.6 Å². The number of hydrogen-bond acceptors (Lipinski definition) is 4. The Balaban J connectivity index is 1.95. The van der Waals surface area contributed by atoms with Gasteiger partial charge >= 0.3 is 0 Å². The fraction of sp³-hybridized carbons (Fsp3) is 0.368. The molecule has 0 heterocycles. The summed E-state index contributed by atoms with van der Waals surface area (Å²) in [6, 6.07) is 13.6. The highest BCUT2D eigenvalue weighted by atomic mass is 35.5. The molecule has 2 aromatic rings. The Morgan fingerprint density at radius 2 is 1.79 bits per heavy atom. The van der Waals surface area contributed by atoms with Gasteiger partial charge in [0.1, 0.15) is 0 Å². The van der Waals surface area contributed by atoms with Crippen LogP contribution in [-0.4, -0.2) is 25.4 Å². The van der Waals surface area contributed by atoms with Crippen molar-refractivity contribution in [2.75, 3.05) is 14.2 Å². The highest BCUT2D eigenvalue weighted by Gasteiger charge is 2.15. The molecule has 0 aliphatic carbocycles. The van der Waals surface area contributed by atoms with Gasteiger partial charge in [-0.25, -0.2) is 0 Å². The highest BCUT2D eigenvalue weighted by molar-refractivity contribution is 6.33. The van der Waals surface area contributed by atoms with E-state index in [9.17, 15) is 5.11 Å². The summed E-state index contributed by atoms with van der Waals surface area (Å²) in [6.07, 6.45) is 0.129. The Hall–Kier alpha value is -1.75. The maximum Gasteiger partial charge on any atom is 0.179 e. The van der Waals surface area contributed by atoms with Gasteiger partial charge in [-0.2, -0.15) is 0 Å². The van der Waals surface area contributed by atoms with E-state index in [-0.39, 0.29) is 6.04 Å². The number of nitrogens with one attached hydrogen (secondary N) is 1. The summed E-state index contributed by atoms with van der Waals surface area (Å²) in [6.45, 7) is 2.63. The molecule has 2 N–H and O–H groups in total. The summed E-state index contributed by atoms with van der Waals surface area (Å²) in [4.78, 5) is 0. The molecule has 0 fully saturated rings. The van der Waals surface area contributed by atoms with E-state index in [4.69, 9.17) is 21.1 Å². The molecule has 0 aromatic heterocycles. The van der Waals surface area contributed by atoms with Gasteiger partial charge in [0.25, 0.3) is 0 Å². The van der Waals surface area contributed by atoms with Crippen LogP contribution in [0.1, 0.15) is 30.6 Å². The van der Waals surface area contributed by atoms with Crippen LogP contribution >= 0.6 is 11.6 Å². The molecule has 2 aromatic carbocycles. The van der Waals surface area contributed by atoms with Gasteiger partial charge in [-0.15, -0.1) is 0 Å². The third-order valence-corrected chi connectivity index (χ3v) is 4.38. The zero-order valence-corrected chi connectivity index (χ0v) is 15.0. The molecule has 2 rings (SSSR count). The summed E-state index contributed by atoms with van der Waals surface area (Å²) < 4.78 is 10.5. The first kappa shape index (κ1) is 18.6. The Labute approximate surface area is 148 Å². The van der Waals surface area contributed by atoms with Crippen LogP contribution in [0.2, 0.25) is 5.02 Å². The number of aliphatic hydroxyl groups is 1. The number of benzene rings is 2. The lowest BCUT2D eigenvalue weighted by atomic mass is 10.0. The van der Waals surface area contributed by atoms with Crippen molar-refractivity contribution in [3.63, 3.8) is 0 Å². The lowest BCUT2D eigenvalue weighted by Gasteiger charge is -2.19. The second kappa shape index (κ2) is 8.92. The minimum atomic E-state index is -0.491. The average Bonchev–Trinajstić information content (AvgIpc) is 2.61. The third kappa shape index (κ3) is 4.63. The molecule has 0 radical (unpaired) electrons. The molecule has 0 amide bonds. The van der Waals surface area contributed by atoms with E-state index in [0.29, 0.717) is 29.5 Å². The van der Waals surface area contributed by atoms with Gasteiger partial charge in [0.2, 0.25) is 0 Å². The SMILES string of the molecule is COc1ccc(CNC(C)CC(O)c2ccccc2)c(Cl)c1OC.